The summed E-state index contributed by atoms with van der Waals surface area (Å²) in [6.07, 6.45) is 3.74. The summed E-state index contributed by atoms with van der Waals surface area (Å²) in [6, 6.07) is 5.27. The number of aromatic nitrogens is 1. The third kappa shape index (κ3) is 1.82. The van der Waals surface area contributed by atoms with E-state index in [0.717, 1.165) is 36.6 Å². The highest BCUT2D eigenvalue weighted by molar-refractivity contribution is 5.40. The van der Waals surface area contributed by atoms with Crippen LogP contribution < -0.4 is 0 Å². The van der Waals surface area contributed by atoms with Gasteiger partial charge in [0.05, 0.1) is 11.8 Å². The molecule has 1 aromatic carbocycles. The molecule has 0 spiro atoms. The van der Waals surface area contributed by atoms with E-state index in [1.165, 1.54) is 12.1 Å². The van der Waals surface area contributed by atoms with Crippen molar-refractivity contribution < 1.29 is 13.9 Å². The molecule has 2 aromatic rings. The average molecular weight is 249 g/mol. The molecule has 1 aliphatic carbocycles. The second-order valence-electron chi connectivity index (χ2n) is 4.62. The van der Waals surface area contributed by atoms with Crippen molar-refractivity contribution in [1.29, 1.82) is 0 Å². The number of nitrogens with zero attached hydrogens (tertiary/aromatic N) is 1. The van der Waals surface area contributed by atoms with Gasteiger partial charge >= 0.3 is 0 Å². The Hall–Kier alpha value is -1.68. The molecule has 1 atom stereocenters. The first-order valence-corrected chi connectivity index (χ1v) is 6.00. The van der Waals surface area contributed by atoms with Crippen LogP contribution >= 0.6 is 0 Å². The number of aliphatic hydroxyl groups excluding tert-OH is 1. The van der Waals surface area contributed by atoms with E-state index in [1.54, 1.807) is 10.8 Å². The van der Waals surface area contributed by atoms with Crippen LogP contribution in [0.4, 0.5) is 8.78 Å². The lowest BCUT2D eigenvalue weighted by Gasteiger charge is -2.20. The maximum Gasteiger partial charge on any atom is 0.128 e. The fourth-order valence-corrected chi connectivity index (χ4v) is 2.59. The van der Waals surface area contributed by atoms with Crippen LogP contribution in [0.2, 0.25) is 0 Å². The van der Waals surface area contributed by atoms with Gasteiger partial charge < -0.3 is 9.67 Å². The van der Waals surface area contributed by atoms with Crippen molar-refractivity contribution in [3.05, 3.63) is 53.4 Å². The number of rotatable bonds is 1. The smallest absolute Gasteiger partial charge is 0.128 e. The number of halogens is 2. The van der Waals surface area contributed by atoms with Crippen molar-refractivity contribution in [3.8, 4) is 5.69 Å². The van der Waals surface area contributed by atoms with Gasteiger partial charge in [-0.1, -0.05) is 0 Å². The molecular formula is C14H13F2NO. The number of fused-ring (bicyclic) bond motifs is 1. The summed E-state index contributed by atoms with van der Waals surface area (Å²) in [5.74, 6) is -1.19. The van der Waals surface area contributed by atoms with E-state index >= 15 is 0 Å². The first-order chi connectivity index (χ1) is 8.65. The zero-order chi connectivity index (χ0) is 12.7. The molecule has 0 fully saturated rings. The van der Waals surface area contributed by atoms with Crippen LogP contribution in [0.5, 0.6) is 0 Å². The van der Waals surface area contributed by atoms with Crippen LogP contribution in [0.3, 0.4) is 0 Å². The van der Waals surface area contributed by atoms with Crippen LogP contribution in [-0.4, -0.2) is 9.67 Å². The van der Waals surface area contributed by atoms with E-state index in [0.29, 0.717) is 5.69 Å². The molecule has 4 heteroatoms. The Morgan fingerprint density at radius 1 is 1.17 bits per heavy atom. The Bertz CT molecular complexity index is 571. The fraction of sp³-hybridized carbons (Fsp3) is 0.286. The molecule has 1 aliphatic rings. The van der Waals surface area contributed by atoms with Crippen molar-refractivity contribution in [3.63, 3.8) is 0 Å². The van der Waals surface area contributed by atoms with E-state index in [2.05, 4.69) is 0 Å². The Labute approximate surface area is 103 Å². The van der Waals surface area contributed by atoms with Gasteiger partial charge in [-0.05, 0) is 37.5 Å². The van der Waals surface area contributed by atoms with Crippen molar-refractivity contribution in [2.75, 3.05) is 0 Å². The van der Waals surface area contributed by atoms with E-state index in [4.69, 9.17) is 0 Å². The number of aliphatic hydroxyl groups is 1. The minimum Gasteiger partial charge on any atom is -0.388 e. The van der Waals surface area contributed by atoms with Crippen molar-refractivity contribution in [2.45, 2.75) is 25.4 Å². The maximum absolute atomic E-state index is 13.2. The highest BCUT2D eigenvalue weighted by atomic mass is 19.1. The summed E-state index contributed by atoms with van der Waals surface area (Å²) in [7, 11) is 0. The van der Waals surface area contributed by atoms with Crippen molar-refractivity contribution in [2.24, 2.45) is 0 Å². The van der Waals surface area contributed by atoms with Gasteiger partial charge in [0.25, 0.3) is 0 Å². The summed E-state index contributed by atoms with van der Waals surface area (Å²) in [6.45, 7) is 0. The van der Waals surface area contributed by atoms with Gasteiger partial charge in [0, 0.05) is 23.5 Å². The van der Waals surface area contributed by atoms with Crippen LogP contribution in [0.15, 0.2) is 30.5 Å². The standard InChI is InChI=1S/C14H13F2NO/c15-9-6-10(16)8-11(7-9)17-5-4-12-13(17)2-1-3-14(12)18/h4-8,14,18H,1-3H2. The number of hydrogen-bond acceptors (Lipinski definition) is 1. The molecule has 0 saturated heterocycles. The largest absolute Gasteiger partial charge is 0.388 e. The number of benzene rings is 1. The first-order valence-electron chi connectivity index (χ1n) is 6.00. The Balaban J connectivity index is 2.12. The Morgan fingerprint density at radius 2 is 1.89 bits per heavy atom. The topological polar surface area (TPSA) is 25.2 Å². The molecule has 94 valence electrons. The Kier molecular flexibility index (Phi) is 2.67. The Morgan fingerprint density at radius 3 is 2.61 bits per heavy atom. The minimum atomic E-state index is -0.594. The van der Waals surface area contributed by atoms with Crippen LogP contribution in [0, 0.1) is 11.6 Å². The zero-order valence-corrected chi connectivity index (χ0v) is 9.74. The molecule has 0 saturated carbocycles. The molecule has 0 aliphatic heterocycles. The van der Waals surface area contributed by atoms with E-state index in [9.17, 15) is 13.9 Å². The third-order valence-electron chi connectivity index (χ3n) is 3.40. The van der Waals surface area contributed by atoms with Crippen LogP contribution in [0.25, 0.3) is 5.69 Å². The van der Waals surface area contributed by atoms with Gasteiger partial charge in [-0.2, -0.15) is 0 Å². The lowest BCUT2D eigenvalue weighted by Crippen LogP contribution is -2.11. The normalized spacial score (nSPS) is 18.7. The summed E-state index contributed by atoms with van der Waals surface area (Å²) in [4.78, 5) is 0. The zero-order valence-electron chi connectivity index (χ0n) is 9.74. The summed E-state index contributed by atoms with van der Waals surface area (Å²) < 4.78 is 28.2. The molecule has 1 heterocycles. The lowest BCUT2D eigenvalue weighted by atomic mass is 9.95. The molecule has 2 nitrogen and oxygen atoms in total. The molecule has 0 bridgehead atoms. The van der Waals surface area contributed by atoms with E-state index in [1.807, 2.05) is 6.07 Å². The highest BCUT2D eigenvalue weighted by Gasteiger charge is 2.21. The second-order valence-corrected chi connectivity index (χ2v) is 4.62. The molecule has 1 aromatic heterocycles. The molecule has 1 N–H and O–H groups in total. The van der Waals surface area contributed by atoms with Gasteiger partial charge in [-0.15, -0.1) is 0 Å². The monoisotopic (exact) mass is 249 g/mol. The SMILES string of the molecule is OC1CCCc2c1ccn2-c1cc(F)cc(F)c1. The quantitative estimate of drug-likeness (QED) is 0.825. The van der Waals surface area contributed by atoms with Gasteiger partial charge in [0.15, 0.2) is 0 Å². The van der Waals surface area contributed by atoms with Gasteiger partial charge in [0.2, 0.25) is 0 Å². The predicted molar refractivity (Wildman–Crippen MR) is 63.6 cm³/mol. The third-order valence-corrected chi connectivity index (χ3v) is 3.40. The van der Waals surface area contributed by atoms with E-state index < -0.39 is 17.7 Å². The van der Waals surface area contributed by atoms with Crippen molar-refractivity contribution in [1.82, 2.24) is 4.57 Å². The van der Waals surface area contributed by atoms with Gasteiger partial charge in [-0.25, -0.2) is 8.78 Å². The van der Waals surface area contributed by atoms with Crippen LogP contribution in [0.1, 0.15) is 30.2 Å². The molecule has 0 radical (unpaired) electrons. The predicted octanol–water partition coefficient (Wildman–Crippen LogP) is 3.13. The summed E-state index contributed by atoms with van der Waals surface area (Å²) in [5, 5.41) is 9.87. The molecular weight excluding hydrogens is 236 g/mol. The van der Waals surface area contributed by atoms with Gasteiger partial charge in [-0.3, -0.25) is 0 Å². The fourth-order valence-electron chi connectivity index (χ4n) is 2.59. The second kappa shape index (κ2) is 4.21. The minimum absolute atomic E-state index is 0.461. The van der Waals surface area contributed by atoms with Crippen molar-refractivity contribution >= 4 is 0 Å². The molecule has 3 rings (SSSR count). The molecule has 1 unspecified atom stereocenters. The maximum atomic E-state index is 13.2. The highest BCUT2D eigenvalue weighted by Crippen LogP contribution is 2.32. The van der Waals surface area contributed by atoms with Crippen LogP contribution in [-0.2, 0) is 6.42 Å². The van der Waals surface area contributed by atoms with E-state index in [-0.39, 0.29) is 0 Å². The summed E-state index contributed by atoms with van der Waals surface area (Å²) >= 11 is 0. The lowest BCUT2D eigenvalue weighted by molar-refractivity contribution is 0.156. The molecule has 18 heavy (non-hydrogen) atoms. The average Bonchev–Trinajstić information content (AvgIpc) is 2.73. The van der Waals surface area contributed by atoms with Gasteiger partial charge in [0.1, 0.15) is 11.6 Å². The summed E-state index contributed by atoms with van der Waals surface area (Å²) in [5.41, 5.74) is 2.27. The number of hydrogen-bond donors (Lipinski definition) is 1. The molecule has 0 amide bonds. The first kappa shape index (κ1) is 11.4.